The maximum atomic E-state index is 11.6. The fraction of sp³-hybridized carbons (Fsp3) is 0.231. The number of esters is 1. The molecule has 0 spiro atoms. The second-order valence-electron chi connectivity index (χ2n) is 3.81. The average molecular weight is 267 g/mol. The van der Waals surface area contributed by atoms with Gasteiger partial charge in [-0.25, -0.2) is 4.79 Å². The molecule has 0 saturated heterocycles. The highest BCUT2D eigenvalue weighted by Gasteiger charge is 2.39. The third kappa shape index (κ3) is 1.99. The van der Waals surface area contributed by atoms with E-state index in [1.54, 1.807) is 24.3 Å². The number of ether oxygens (including phenoxy) is 2. The molecule has 94 valence electrons. The van der Waals surface area contributed by atoms with Crippen molar-refractivity contribution in [3.8, 4) is 0 Å². The molecule has 1 heterocycles. The molecular weight excluding hydrogens is 256 g/mol. The van der Waals surface area contributed by atoms with Crippen molar-refractivity contribution in [1.29, 1.82) is 0 Å². The number of cyclic esters (lactones) is 1. The summed E-state index contributed by atoms with van der Waals surface area (Å²) in [4.78, 5) is 23.3. The number of halogens is 1. The summed E-state index contributed by atoms with van der Waals surface area (Å²) in [5.41, 5.74) is 0.778. The van der Waals surface area contributed by atoms with Crippen LogP contribution in [-0.2, 0) is 19.1 Å². The topological polar surface area (TPSA) is 52.6 Å². The van der Waals surface area contributed by atoms with Crippen molar-refractivity contribution in [2.24, 2.45) is 0 Å². The second-order valence-corrected chi connectivity index (χ2v) is 4.22. The summed E-state index contributed by atoms with van der Waals surface area (Å²) in [6.45, 7) is 1.36. The molecule has 18 heavy (non-hydrogen) atoms. The Morgan fingerprint density at radius 3 is 2.61 bits per heavy atom. The van der Waals surface area contributed by atoms with E-state index in [1.165, 1.54) is 14.0 Å². The fourth-order valence-corrected chi connectivity index (χ4v) is 2.13. The number of rotatable bonds is 3. The Kier molecular flexibility index (Phi) is 3.39. The number of carbonyl (C=O) groups is 2. The summed E-state index contributed by atoms with van der Waals surface area (Å²) in [7, 11) is 1.33. The number of benzene rings is 1. The van der Waals surface area contributed by atoms with E-state index >= 15 is 0 Å². The van der Waals surface area contributed by atoms with E-state index in [9.17, 15) is 9.59 Å². The smallest absolute Gasteiger partial charge is 0.375 e. The number of carbonyl (C=O) groups excluding carboxylic acids is 2. The fourth-order valence-electron chi connectivity index (χ4n) is 1.89. The molecule has 1 aromatic rings. The van der Waals surface area contributed by atoms with Crippen LogP contribution in [0.3, 0.4) is 0 Å². The zero-order valence-electron chi connectivity index (χ0n) is 9.90. The first-order valence-corrected chi connectivity index (χ1v) is 5.68. The summed E-state index contributed by atoms with van der Waals surface area (Å²) in [5.74, 6) is -0.970. The van der Waals surface area contributed by atoms with Gasteiger partial charge in [0, 0.05) is 10.6 Å². The van der Waals surface area contributed by atoms with Gasteiger partial charge in [0.15, 0.2) is 11.9 Å². The molecule has 2 rings (SSSR count). The van der Waals surface area contributed by atoms with Crippen molar-refractivity contribution in [3.05, 3.63) is 46.2 Å². The molecule has 0 bridgehead atoms. The van der Waals surface area contributed by atoms with Crippen LogP contribution in [-0.4, -0.2) is 18.9 Å². The quantitative estimate of drug-likeness (QED) is 0.789. The van der Waals surface area contributed by atoms with Gasteiger partial charge in [-0.2, -0.15) is 0 Å². The van der Waals surface area contributed by atoms with E-state index in [0.717, 1.165) is 0 Å². The van der Waals surface area contributed by atoms with Crippen molar-refractivity contribution in [3.63, 3.8) is 0 Å². The van der Waals surface area contributed by atoms with Gasteiger partial charge in [-0.05, 0) is 13.0 Å². The van der Waals surface area contributed by atoms with Gasteiger partial charge in [-0.3, -0.25) is 4.79 Å². The van der Waals surface area contributed by atoms with Crippen LogP contribution in [0.4, 0.5) is 0 Å². The lowest BCUT2D eigenvalue weighted by molar-refractivity contribution is -0.142. The maximum Gasteiger partial charge on any atom is 0.375 e. The highest BCUT2D eigenvalue weighted by Crippen LogP contribution is 2.38. The summed E-state index contributed by atoms with van der Waals surface area (Å²) >= 11 is 6.05. The predicted molar refractivity (Wildman–Crippen MR) is 65.0 cm³/mol. The maximum absolute atomic E-state index is 11.6. The van der Waals surface area contributed by atoms with Gasteiger partial charge in [-0.15, -0.1) is 0 Å². The molecule has 0 N–H and O–H groups in total. The third-order valence-corrected chi connectivity index (χ3v) is 3.03. The summed E-state index contributed by atoms with van der Waals surface area (Å²) in [6.07, 6.45) is -0.793. The lowest BCUT2D eigenvalue weighted by atomic mass is 9.99. The van der Waals surface area contributed by atoms with Gasteiger partial charge >= 0.3 is 5.97 Å². The van der Waals surface area contributed by atoms with Gasteiger partial charge in [0.05, 0.1) is 12.7 Å². The van der Waals surface area contributed by atoms with Crippen molar-refractivity contribution in [2.45, 2.75) is 13.0 Å². The minimum atomic E-state index is -0.793. The molecule has 0 saturated carbocycles. The van der Waals surface area contributed by atoms with Crippen LogP contribution in [0.1, 0.15) is 18.6 Å². The van der Waals surface area contributed by atoms with Crippen molar-refractivity contribution >= 4 is 23.4 Å². The van der Waals surface area contributed by atoms with E-state index < -0.39 is 12.1 Å². The van der Waals surface area contributed by atoms with E-state index in [2.05, 4.69) is 0 Å². The van der Waals surface area contributed by atoms with E-state index in [1.807, 2.05) is 0 Å². The molecule has 0 amide bonds. The molecule has 0 aliphatic carbocycles. The lowest BCUT2D eigenvalue weighted by Crippen LogP contribution is -2.08. The SMILES string of the molecule is COC1=C(C(C)=O)C(c2ccccc2Cl)OC1=O. The van der Waals surface area contributed by atoms with Gasteiger partial charge in [0.2, 0.25) is 5.76 Å². The highest BCUT2D eigenvalue weighted by atomic mass is 35.5. The van der Waals surface area contributed by atoms with Crippen LogP contribution in [0.2, 0.25) is 5.02 Å². The van der Waals surface area contributed by atoms with Crippen molar-refractivity contribution in [1.82, 2.24) is 0 Å². The van der Waals surface area contributed by atoms with Crippen LogP contribution in [0.5, 0.6) is 0 Å². The Morgan fingerprint density at radius 2 is 2.06 bits per heavy atom. The van der Waals surface area contributed by atoms with Crippen LogP contribution in [0.25, 0.3) is 0 Å². The molecule has 1 aliphatic rings. The second kappa shape index (κ2) is 4.82. The zero-order valence-corrected chi connectivity index (χ0v) is 10.7. The monoisotopic (exact) mass is 266 g/mol. The van der Waals surface area contributed by atoms with Crippen LogP contribution < -0.4 is 0 Å². The Labute approximate surface area is 109 Å². The lowest BCUT2D eigenvalue weighted by Gasteiger charge is -2.13. The van der Waals surface area contributed by atoms with Crippen molar-refractivity contribution < 1.29 is 19.1 Å². The largest absolute Gasteiger partial charge is 0.489 e. The third-order valence-electron chi connectivity index (χ3n) is 2.69. The Morgan fingerprint density at radius 1 is 1.39 bits per heavy atom. The number of hydrogen-bond donors (Lipinski definition) is 0. The average Bonchev–Trinajstić information content (AvgIpc) is 2.66. The molecular formula is C13H11ClO4. The molecule has 0 fully saturated rings. The molecule has 1 aromatic carbocycles. The first-order chi connectivity index (χ1) is 8.56. The highest BCUT2D eigenvalue weighted by molar-refractivity contribution is 6.31. The van der Waals surface area contributed by atoms with Gasteiger partial charge in [0.1, 0.15) is 0 Å². The van der Waals surface area contributed by atoms with Gasteiger partial charge in [0.25, 0.3) is 0 Å². The van der Waals surface area contributed by atoms with Crippen LogP contribution in [0.15, 0.2) is 35.6 Å². The summed E-state index contributed by atoms with van der Waals surface area (Å²) in [5, 5.41) is 0.436. The first kappa shape index (κ1) is 12.6. The molecule has 1 aliphatic heterocycles. The summed E-state index contributed by atoms with van der Waals surface area (Å²) < 4.78 is 10.1. The predicted octanol–water partition coefficient (Wildman–Crippen LogP) is 2.43. The van der Waals surface area contributed by atoms with E-state index in [-0.39, 0.29) is 17.1 Å². The molecule has 1 unspecified atom stereocenters. The zero-order chi connectivity index (χ0) is 13.3. The Hall–Kier alpha value is -1.81. The van der Waals surface area contributed by atoms with Crippen molar-refractivity contribution in [2.75, 3.05) is 7.11 Å². The minimum absolute atomic E-state index is 0.0487. The molecule has 4 nitrogen and oxygen atoms in total. The minimum Gasteiger partial charge on any atom is -0.489 e. The Bertz CT molecular complexity index is 548. The number of methoxy groups -OCH3 is 1. The molecule has 1 atom stereocenters. The number of ketones is 1. The van der Waals surface area contributed by atoms with Crippen LogP contribution in [0, 0.1) is 0 Å². The Balaban J connectivity index is 2.54. The number of Topliss-reactive ketones (excluding diaryl/α,β-unsaturated/α-hetero) is 1. The number of hydrogen-bond acceptors (Lipinski definition) is 4. The van der Waals surface area contributed by atoms with E-state index in [4.69, 9.17) is 21.1 Å². The van der Waals surface area contributed by atoms with Gasteiger partial charge in [-0.1, -0.05) is 29.8 Å². The van der Waals surface area contributed by atoms with E-state index in [0.29, 0.717) is 10.6 Å². The summed E-state index contributed by atoms with van der Waals surface area (Å²) in [6, 6.07) is 6.91. The molecule has 0 radical (unpaired) electrons. The normalized spacial score (nSPS) is 18.8. The molecule has 5 heteroatoms. The first-order valence-electron chi connectivity index (χ1n) is 5.30. The van der Waals surface area contributed by atoms with Crippen LogP contribution >= 0.6 is 11.6 Å². The molecule has 0 aromatic heterocycles. The standard InChI is InChI=1S/C13H11ClO4/c1-7(15)10-11(18-13(16)12(10)17-2)8-5-3-4-6-9(8)14/h3-6,11H,1-2H3. The van der Waals surface area contributed by atoms with Gasteiger partial charge < -0.3 is 9.47 Å².